The maximum Gasteiger partial charge on any atom is 0.261 e. The highest BCUT2D eigenvalue weighted by Gasteiger charge is 2.29. The fourth-order valence-electron chi connectivity index (χ4n) is 2.32. The van der Waals surface area contributed by atoms with Gasteiger partial charge in [0.25, 0.3) is 5.91 Å². The summed E-state index contributed by atoms with van der Waals surface area (Å²) in [5.41, 5.74) is -1.35. The van der Waals surface area contributed by atoms with Crippen LogP contribution in [0.2, 0.25) is 0 Å². The van der Waals surface area contributed by atoms with Crippen molar-refractivity contribution in [2.45, 2.75) is 0 Å². The molecular weight excluding hydrogens is 329 g/mol. The van der Waals surface area contributed by atoms with Crippen LogP contribution in [0, 0.1) is 29.1 Å². The van der Waals surface area contributed by atoms with Crippen molar-refractivity contribution in [1.82, 2.24) is 0 Å². The van der Waals surface area contributed by atoms with Crippen molar-refractivity contribution < 1.29 is 26.7 Å². The molecule has 0 aliphatic heterocycles. The Morgan fingerprint density at radius 1 is 0.708 bits per heavy atom. The van der Waals surface area contributed by atoms with Gasteiger partial charge in [0.1, 0.15) is 5.56 Å². The first-order valence-corrected chi connectivity index (χ1v) is 6.72. The summed E-state index contributed by atoms with van der Waals surface area (Å²) in [5.74, 6) is -12.4. The smallest absolute Gasteiger partial charge is 0.261 e. The topological polar surface area (TPSA) is 29.1 Å². The van der Waals surface area contributed by atoms with Crippen molar-refractivity contribution in [1.29, 1.82) is 0 Å². The average molecular weight is 337 g/mol. The largest absolute Gasteiger partial charge is 0.321 e. The van der Waals surface area contributed by atoms with Crippen LogP contribution < -0.4 is 5.32 Å². The van der Waals surface area contributed by atoms with Crippen LogP contribution in [0.5, 0.6) is 0 Å². The van der Waals surface area contributed by atoms with E-state index in [0.717, 1.165) is 5.39 Å². The van der Waals surface area contributed by atoms with E-state index in [1.165, 1.54) is 6.07 Å². The van der Waals surface area contributed by atoms with E-state index in [4.69, 9.17) is 0 Å². The van der Waals surface area contributed by atoms with E-state index in [0.29, 0.717) is 5.39 Å². The van der Waals surface area contributed by atoms with Crippen LogP contribution in [0.3, 0.4) is 0 Å². The van der Waals surface area contributed by atoms with Gasteiger partial charge >= 0.3 is 0 Å². The molecule has 0 saturated heterocycles. The lowest BCUT2D eigenvalue weighted by molar-refractivity contribution is 0.101. The van der Waals surface area contributed by atoms with Crippen LogP contribution in [-0.4, -0.2) is 5.91 Å². The van der Waals surface area contributed by atoms with Gasteiger partial charge in [-0.1, -0.05) is 36.4 Å². The van der Waals surface area contributed by atoms with E-state index in [2.05, 4.69) is 5.32 Å². The zero-order valence-corrected chi connectivity index (χ0v) is 11.8. The number of hydrogen-bond donors (Lipinski definition) is 1. The fraction of sp³-hybridized carbons (Fsp3) is 0. The molecule has 122 valence electrons. The first-order valence-electron chi connectivity index (χ1n) is 6.72. The summed E-state index contributed by atoms with van der Waals surface area (Å²) < 4.78 is 66.8. The van der Waals surface area contributed by atoms with Crippen molar-refractivity contribution in [2.75, 3.05) is 5.32 Å². The standard InChI is InChI=1S/C17H8F5NO/c18-12-11(13(19)15(21)16(22)14(12)20)17(24)23-10-7-3-5-8-4-1-2-6-9(8)10/h1-7H,(H,23,24). The summed E-state index contributed by atoms with van der Waals surface area (Å²) in [7, 11) is 0. The number of rotatable bonds is 2. The Morgan fingerprint density at radius 2 is 1.25 bits per heavy atom. The van der Waals surface area contributed by atoms with Crippen molar-refractivity contribution in [3.63, 3.8) is 0 Å². The molecule has 0 atom stereocenters. The van der Waals surface area contributed by atoms with Crippen LogP contribution in [0.4, 0.5) is 27.6 Å². The molecule has 3 aromatic rings. The summed E-state index contributed by atoms with van der Waals surface area (Å²) in [6.45, 7) is 0. The Bertz CT molecular complexity index is 936. The Morgan fingerprint density at radius 3 is 1.92 bits per heavy atom. The van der Waals surface area contributed by atoms with Crippen molar-refractivity contribution in [3.8, 4) is 0 Å². The number of carbonyl (C=O) groups is 1. The molecule has 0 aromatic heterocycles. The predicted molar refractivity (Wildman–Crippen MR) is 78.1 cm³/mol. The molecule has 0 fully saturated rings. The minimum absolute atomic E-state index is 0.182. The zero-order chi connectivity index (χ0) is 17.4. The summed E-state index contributed by atoms with van der Waals surface area (Å²) in [6, 6.07) is 11.6. The highest BCUT2D eigenvalue weighted by molar-refractivity contribution is 6.09. The summed E-state index contributed by atoms with van der Waals surface area (Å²) >= 11 is 0. The Kier molecular flexibility index (Phi) is 3.92. The van der Waals surface area contributed by atoms with E-state index >= 15 is 0 Å². The molecule has 7 heteroatoms. The third kappa shape index (κ3) is 2.47. The van der Waals surface area contributed by atoms with Gasteiger partial charge in [-0.25, -0.2) is 22.0 Å². The van der Waals surface area contributed by atoms with Gasteiger partial charge in [-0.2, -0.15) is 0 Å². The summed E-state index contributed by atoms with van der Waals surface area (Å²) in [4.78, 5) is 12.1. The molecule has 0 spiro atoms. The molecular formula is C17H8F5NO. The molecule has 1 N–H and O–H groups in total. The molecule has 0 bridgehead atoms. The normalized spacial score (nSPS) is 10.9. The van der Waals surface area contributed by atoms with Crippen molar-refractivity contribution in [2.24, 2.45) is 0 Å². The molecule has 24 heavy (non-hydrogen) atoms. The third-order valence-corrected chi connectivity index (χ3v) is 3.47. The third-order valence-electron chi connectivity index (χ3n) is 3.47. The number of carbonyl (C=O) groups excluding carboxylic acids is 1. The quantitative estimate of drug-likeness (QED) is 0.407. The second kappa shape index (κ2) is 5.92. The van der Waals surface area contributed by atoms with Crippen LogP contribution in [0.1, 0.15) is 10.4 Å². The van der Waals surface area contributed by atoms with Gasteiger partial charge < -0.3 is 5.32 Å². The van der Waals surface area contributed by atoms with Gasteiger partial charge in [0, 0.05) is 11.1 Å². The van der Waals surface area contributed by atoms with E-state index in [1.807, 2.05) is 0 Å². The van der Waals surface area contributed by atoms with E-state index in [9.17, 15) is 26.7 Å². The molecule has 0 aliphatic rings. The highest BCUT2D eigenvalue weighted by Crippen LogP contribution is 2.26. The lowest BCUT2D eigenvalue weighted by atomic mass is 10.1. The van der Waals surface area contributed by atoms with Crippen LogP contribution in [0.25, 0.3) is 10.8 Å². The molecule has 2 nitrogen and oxygen atoms in total. The second-order valence-electron chi connectivity index (χ2n) is 4.93. The van der Waals surface area contributed by atoms with Gasteiger partial charge in [0.05, 0.1) is 0 Å². The first kappa shape index (κ1) is 15.9. The number of fused-ring (bicyclic) bond motifs is 1. The Labute approximate surface area is 132 Å². The lowest BCUT2D eigenvalue weighted by Gasteiger charge is -2.11. The number of nitrogens with one attached hydrogen (secondary N) is 1. The molecule has 3 aromatic carbocycles. The summed E-state index contributed by atoms with van der Waals surface area (Å²) in [6.07, 6.45) is 0. The molecule has 0 heterocycles. The van der Waals surface area contributed by atoms with Gasteiger partial charge in [0.2, 0.25) is 5.82 Å². The zero-order valence-electron chi connectivity index (χ0n) is 11.8. The van der Waals surface area contributed by atoms with E-state index < -0.39 is 40.6 Å². The Balaban J connectivity index is 2.08. The molecule has 3 rings (SSSR count). The van der Waals surface area contributed by atoms with Crippen LogP contribution >= 0.6 is 0 Å². The molecule has 1 amide bonds. The molecule has 0 aliphatic carbocycles. The highest BCUT2D eigenvalue weighted by atomic mass is 19.2. The van der Waals surface area contributed by atoms with Gasteiger partial charge in [-0.05, 0) is 11.5 Å². The first-order chi connectivity index (χ1) is 11.4. The van der Waals surface area contributed by atoms with Gasteiger partial charge in [-0.15, -0.1) is 0 Å². The predicted octanol–water partition coefficient (Wildman–Crippen LogP) is 4.79. The second-order valence-corrected chi connectivity index (χ2v) is 4.93. The molecule has 0 saturated carbocycles. The maximum absolute atomic E-state index is 13.7. The number of amides is 1. The minimum atomic E-state index is -2.31. The monoisotopic (exact) mass is 337 g/mol. The van der Waals surface area contributed by atoms with Crippen molar-refractivity contribution in [3.05, 3.63) is 77.1 Å². The number of benzene rings is 3. The number of halogens is 5. The Hall–Kier alpha value is -2.96. The average Bonchev–Trinajstić information content (AvgIpc) is 2.59. The van der Waals surface area contributed by atoms with Gasteiger partial charge in [0.15, 0.2) is 23.3 Å². The number of hydrogen-bond acceptors (Lipinski definition) is 1. The number of anilines is 1. The minimum Gasteiger partial charge on any atom is -0.321 e. The SMILES string of the molecule is O=C(Nc1cccc2ccccc12)c1c(F)c(F)c(F)c(F)c1F. The molecule has 0 radical (unpaired) electrons. The van der Waals surface area contributed by atoms with E-state index in [-0.39, 0.29) is 5.69 Å². The van der Waals surface area contributed by atoms with E-state index in [1.54, 1.807) is 36.4 Å². The lowest BCUT2D eigenvalue weighted by Crippen LogP contribution is -2.19. The fourth-order valence-corrected chi connectivity index (χ4v) is 2.32. The molecule has 0 unspecified atom stereocenters. The maximum atomic E-state index is 13.7. The van der Waals surface area contributed by atoms with Crippen LogP contribution in [0.15, 0.2) is 42.5 Å². The summed E-state index contributed by atoms with van der Waals surface area (Å²) in [5, 5.41) is 3.46. The van der Waals surface area contributed by atoms with Crippen molar-refractivity contribution >= 4 is 22.4 Å². The van der Waals surface area contributed by atoms with Gasteiger partial charge in [-0.3, -0.25) is 4.79 Å². The van der Waals surface area contributed by atoms with Crippen LogP contribution in [-0.2, 0) is 0 Å².